The van der Waals surface area contributed by atoms with E-state index in [4.69, 9.17) is 0 Å². The Balaban J connectivity index is 0.00000128. The molecular formula is C73H82O27. The number of Topliss-reactive ketones (excluding diaryl/α,β-unsaturated/α-hetero) is 9. The van der Waals surface area contributed by atoms with Gasteiger partial charge in [0.15, 0.2) is 34.7 Å². The normalized spacial score (nSPS) is 9.66. The summed E-state index contributed by atoms with van der Waals surface area (Å²) in [5.74, 6) is -5.38. The van der Waals surface area contributed by atoms with E-state index in [1.165, 1.54) is 145 Å². The molecule has 0 heterocycles. The van der Waals surface area contributed by atoms with Gasteiger partial charge in [-0.2, -0.15) is 29.3 Å². The van der Waals surface area contributed by atoms with Gasteiger partial charge in [0.05, 0.1) is 76.0 Å². The Labute approximate surface area is 578 Å². The van der Waals surface area contributed by atoms with E-state index in [-0.39, 0.29) is 146 Å². The molecule has 0 N–H and O–H groups in total. The van der Waals surface area contributed by atoms with Gasteiger partial charge < -0.3 is 14.4 Å². The van der Waals surface area contributed by atoms with Gasteiger partial charge in [0.2, 0.25) is 0 Å². The van der Waals surface area contributed by atoms with Crippen molar-refractivity contribution in [3.63, 3.8) is 0 Å². The lowest BCUT2D eigenvalue weighted by atomic mass is 9.96. The van der Waals surface area contributed by atoms with E-state index in [9.17, 15) is 71.9 Å². The highest BCUT2D eigenvalue weighted by molar-refractivity contribution is 6.10. The molecule has 0 aliphatic rings. The summed E-state index contributed by atoms with van der Waals surface area (Å²) in [4.78, 5) is 224. The van der Waals surface area contributed by atoms with Crippen LogP contribution < -0.4 is 0 Å². The van der Waals surface area contributed by atoms with Crippen LogP contribution in [0.2, 0.25) is 0 Å². The number of hydrogen-bond donors (Lipinski definition) is 0. The summed E-state index contributed by atoms with van der Waals surface area (Å²) in [6, 6.07) is 37.7. The fraction of sp³-hybridized carbons (Fsp3) is 0.301. The zero-order chi connectivity index (χ0) is 75.7. The van der Waals surface area contributed by atoms with Crippen LogP contribution in [0.1, 0.15) is 231 Å². The van der Waals surface area contributed by atoms with Gasteiger partial charge in [0.1, 0.15) is 17.3 Å². The molecule has 6 aromatic carbocycles. The number of benzene rings is 6. The van der Waals surface area contributed by atoms with Crippen LogP contribution in [0.3, 0.4) is 0 Å². The van der Waals surface area contributed by atoms with E-state index in [0.717, 1.165) is 0 Å². The average molecular weight is 1390 g/mol. The van der Waals surface area contributed by atoms with Crippen molar-refractivity contribution in [2.45, 2.75) is 107 Å². The SMILES string of the molecule is CC(C)=O.CC(C)=O.CC(C)=O.CCC(=O)c1ccccc1C(=O)OOC.CCC(=O)c1ccccc1C(=O)OOC.COOC(=O)c1ccccc1C(=O)CCCC(=O)c1ccccc1C(=O)OOC.COOC(=O)c1ccccc1C(=O)CCCC(=O)c1ccccc1C(=O)OOC. The molecule has 0 aliphatic heterocycles. The first-order chi connectivity index (χ1) is 47.6. The minimum Gasteiger partial charge on any atom is -0.300 e. The Bertz CT molecular complexity index is 3320. The molecule has 0 fully saturated rings. The van der Waals surface area contributed by atoms with Crippen LogP contribution in [0.4, 0.5) is 0 Å². The molecule has 536 valence electrons. The molecule has 27 heteroatoms. The zero-order valence-corrected chi connectivity index (χ0v) is 58.0. The minimum absolute atomic E-state index is 0.0354. The van der Waals surface area contributed by atoms with Gasteiger partial charge in [-0.05, 0) is 90.8 Å². The molecule has 0 aromatic heterocycles. The van der Waals surface area contributed by atoms with Crippen LogP contribution in [0, 0.1) is 0 Å². The molecule has 100 heavy (non-hydrogen) atoms. The fourth-order valence-corrected chi connectivity index (χ4v) is 7.89. The maximum Gasteiger partial charge on any atom is 0.373 e. The van der Waals surface area contributed by atoms with Crippen molar-refractivity contribution in [3.8, 4) is 0 Å². The van der Waals surface area contributed by atoms with Crippen molar-refractivity contribution in [2.75, 3.05) is 42.7 Å². The number of rotatable bonds is 28. The minimum atomic E-state index is -0.780. The van der Waals surface area contributed by atoms with Crippen molar-refractivity contribution >= 4 is 87.9 Å². The molecule has 0 amide bonds. The van der Waals surface area contributed by atoms with Crippen LogP contribution in [0.5, 0.6) is 0 Å². The smallest absolute Gasteiger partial charge is 0.300 e. The number of ketones is 9. The Morgan fingerprint density at radius 1 is 0.220 bits per heavy atom. The van der Waals surface area contributed by atoms with Crippen molar-refractivity contribution in [2.24, 2.45) is 0 Å². The fourth-order valence-electron chi connectivity index (χ4n) is 7.89. The third-order valence-electron chi connectivity index (χ3n) is 11.9. The van der Waals surface area contributed by atoms with Crippen LogP contribution in [-0.2, 0) is 73.0 Å². The molecule has 6 rings (SSSR count). The molecule has 0 bridgehead atoms. The Kier molecular flexibility index (Phi) is 45.5. The Hall–Kier alpha value is -11.1. The summed E-state index contributed by atoms with van der Waals surface area (Å²) >= 11 is 0. The molecule has 27 nitrogen and oxygen atoms in total. The Morgan fingerprint density at radius 2 is 0.340 bits per heavy atom. The van der Waals surface area contributed by atoms with Crippen LogP contribution in [-0.4, -0.2) is 131 Å². The highest BCUT2D eigenvalue weighted by Crippen LogP contribution is 2.21. The number of hydrogen-bond acceptors (Lipinski definition) is 27. The van der Waals surface area contributed by atoms with E-state index in [1.54, 1.807) is 98.8 Å². The first-order valence-corrected chi connectivity index (χ1v) is 30.2. The Morgan fingerprint density at radius 3 is 0.460 bits per heavy atom. The van der Waals surface area contributed by atoms with Crippen molar-refractivity contribution < 1.29 is 131 Å². The topological polar surface area (TPSA) is 367 Å². The van der Waals surface area contributed by atoms with E-state index < -0.39 is 35.8 Å². The quantitative estimate of drug-likeness (QED) is 0.0250. The summed E-state index contributed by atoms with van der Waals surface area (Å²) in [7, 11) is 7.23. The molecule has 0 spiro atoms. The second-order valence-electron chi connectivity index (χ2n) is 20.2. The molecule has 6 aromatic rings. The van der Waals surface area contributed by atoms with Crippen LogP contribution in [0.15, 0.2) is 146 Å². The number of carbonyl (C=O) groups is 15. The van der Waals surface area contributed by atoms with Crippen molar-refractivity contribution in [1.29, 1.82) is 0 Å². The van der Waals surface area contributed by atoms with Gasteiger partial charge in [-0.3, -0.25) is 58.1 Å². The third kappa shape index (κ3) is 34.2. The van der Waals surface area contributed by atoms with Gasteiger partial charge in [0, 0.05) is 71.9 Å². The third-order valence-corrected chi connectivity index (χ3v) is 11.9. The lowest BCUT2D eigenvalue weighted by molar-refractivity contribution is -0.216. The van der Waals surface area contributed by atoms with Crippen molar-refractivity contribution in [1.82, 2.24) is 0 Å². The van der Waals surface area contributed by atoms with E-state index in [2.05, 4.69) is 58.7 Å². The van der Waals surface area contributed by atoms with Gasteiger partial charge >= 0.3 is 35.8 Å². The summed E-state index contributed by atoms with van der Waals surface area (Å²) in [6.45, 7) is 12.6. The molecule has 0 atom stereocenters. The van der Waals surface area contributed by atoms with Gasteiger partial charge in [-0.1, -0.05) is 123 Å². The second kappa shape index (κ2) is 51.2. The molecule has 0 saturated carbocycles. The zero-order valence-electron chi connectivity index (χ0n) is 58.0. The van der Waals surface area contributed by atoms with E-state index in [0.29, 0.717) is 24.0 Å². The summed E-state index contributed by atoms with van der Waals surface area (Å²) in [5, 5.41) is 0. The molecule has 0 radical (unpaired) electrons. The standard InChI is InChI=1S/2C21H20O8.2C11H12O4.3C3H6O/c2*1-26-28-20(24)16-10-5-3-8-14(16)18(22)12-7-13-19(23)15-9-4-6-11-17(15)21(25)29-27-2;2*1-3-10(12)8-6-4-5-7-9(8)11(13)15-14-2;3*1-3(2)4/h2*3-6,8-11H,7,12-13H2,1-2H3;2*4-7H,3H2,1-2H3;3*1-2H3. The highest BCUT2D eigenvalue weighted by atomic mass is 17.2. The van der Waals surface area contributed by atoms with Crippen LogP contribution >= 0.6 is 0 Å². The van der Waals surface area contributed by atoms with Gasteiger partial charge in [-0.15, -0.1) is 0 Å². The molecule has 0 saturated heterocycles. The molecule has 0 aliphatic carbocycles. The predicted molar refractivity (Wildman–Crippen MR) is 357 cm³/mol. The predicted octanol–water partition coefficient (Wildman–Crippen LogP) is 12.5. The first kappa shape index (κ1) is 88.9. The maximum atomic E-state index is 12.5. The van der Waals surface area contributed by atoms with Gasteiger partial charge in [-0.25, -0.2) is 28.8 Å². The van der Waals surface area contributed by atoms with Crippen molar-refractivity contribution in [3.05, 3.63) is 212 Å². The van der Waals surface area contributed by atoms with E-state index in [1.807, 2.05) is 0 Å². The largest absolute Gasteiger partial charge is 0.373 e. The first-order valence-electron chi connectivity index (χ1n) is 30.2. The average Bonchev–Trinajstić information content (AvgIpc) is 0.877. The monoisotopic (exact) mass is 1390 g/mol. The molecular weight excluding hydrogens is 1310 g/mol. The second-order valence-corrected chi connectivity index (χ2v) is 20.2. The highest BCUT2D eigenvalue weighted by Gasteiger charge is 2.24. The summed E-state index contributed by atoms with van der Waals surface area (Å²) in [6.07, 6.45) is 1.30. The molecule has 0 unspecified atom stereocenters. The lowest BCUT2D eigenvalue weighted by Gasteiger charge is -2.08. The van der Waals surface area contributed by atoms with Crippen LogP contribution in [0.25, 0.3) is 0 Å². The van der Waals surface area contributed by atoms with E-state index >= 15 is 0 Å². The maximum absolute atomic E-state index is 12.5. The lowest BCUT2D eigenvalue weighted by Crippen LogP contribution is -2.13. The number of carbonyl (C=O) groups excluding carboxylic acids is 15. The summed E-state index contributed by atoms with van der Waals surface area (Å²) in [5.41, 5.74) is 2.25. The summed E-state index contributed by atoms with van der Waals surface area (Å²) < 4.78 is 0. The van der Waals surface area contributed by atoms with Gasteiger partial charge in [0.25, 0.3) is 0 Å².